The van der Waals surface area contributed by atoms with Crippen LogP contribution in [0.4, 0.5) is 0 Å². The number of H-pyrrole nitrogens is 2. The topological polar surface area (TPSA) is 134 Å². The lowest BCUT2D eigenvalue weighted by atomic mass is 10.2. The summed E-state index contributed by atoms with van der Waals surface area (Å²) in [5.41, 5.74) is -2.09. The van der Waals surface area contributed by atoms with Crippen molar-refractivity contribution in [1.82, 2.24) is 24.5 Å². The van der Waals surface area contributed by atoms with Crippen LogP contribution in [0.1, 0.15) is 11.4 Å². The van der Waals surface area contributed by atoms with E-state index in [4.69, 9.17) is 0 Å². The number of nitrogens with zero attached hydrogens (tertiary/aromatic N) is 3. The first-order valence-corrected chi connectivity index (χ1v) is 6.53. The summed E-state index contributed by atoms with van der Waals surface area (Å²) in [5.74, 6) is -0.274. The van der Waals surface area contributed by atoms with Crippen LogP contribution in [0.2, 0.25) is 0 Å². The van der Waals surface area contributed by atoms with E-state index in [-0.39, 0.29) is 28.3 Å². The van der Waals surface area contributed by atoms with E-state index in [0.29, 0.717) is 0 Å². The minimum Gasteiger partial charge on any atom is -0.506 e. The van der Waals surface area contributed by atoms with Crippen LogP contribution >= 0.6 is 0 Å². The minimum absolute atomic E-state index is 0.00164. The molecule has 3 aromatic rings. The summed E-state index contributed by atoms with van der Waals surface area (Å²) in [7, 11) is 1.39. The van der Waals surface area contributed by atoms with Crippen molar-refractivity contribution in [2.45, 2.75) is 0 Å². The largest absolute Gasteiger partial charge is 0.506 e. The number of nitrogens with one attached hydrogen (secondary N) is 2. The number of hydrogen-bond donors (Lipinski definition) is 3. The van der Waals surface area contributed by atoms with E-state index >= 15 is 0 Å². The number of aromatic amines is 2. The van der Waals surface area contributed by atoms with Crippen LogP contribution in [0.25, 0.3) is 23.0 Å². The molecule has 0 aliphatic rings. The average molecular weight is 313 g/mol. The van der Waals surface area contributed by atoms with E-state index in [9.17, 15) is 19.5 Å². The van der Waals surface area contributed by atoms with Gasteiger partial charge >= 0.3 is 5.69 Å². The van der Waals surface area contributed by atoms with Crippen molar-refractivity contribution < 1.29 is 5.11 Å². The lowest BCUT2D eigenvalue weighted by Crippen LogP contribution is -2.31. The Morgan fingerprint density at radius 3 is 2.70 bits per heavy atom. The number of aryl methyl sites for hydroxylation is 1. The molecule has 0 atom stereocenters. The SMILES string of the molecule is Cn1c(=O)[nH]c(=O)c2nc(C=C(O)c3ccccn3)c(=O)[nH]c21. The molecule has 0 aromatic carbocycles. The van der Waals surface area contributed by atoms with Crippen molar-refractivity contribution in [3.8, 4) is 0 Å². The maximum atomic E-state index is 12.1. The Labute approximate surface area is 127 Å². The monoisotopic (exact) mass is 313 g/mol. The van der Waals surface area contributed by atoms with E-state index in [1.807, 2.05) is 0 Å². The number of fused-ring (bicyclic) bond motifs is 1. The second-order valence-corrected chi connectivity index (χ2v) is 4.71. The molecule has 23 heavy (non-hydrogen) atoms. The molecule has 0 unspecified atom stereocenters. The predicted octanol–water partition coefficient (Wildman–Crippen LogP) is -0.239. The quantitative estimate of drug-likeness (QED) is 0.559. The van der Waals surface area contributed by atoms with Crippen molar-refractivity contribution in [2.75, 3.05) is 0 Å². The van der Waals surface area contributed by atoms with Gasteiger partial charge in [0.25, 0.3) is 11.1 Å². The highest BCUT2D eigenvalue weighted by Gasteiger charge is 2.11. The van der Waals surface area contributed by atoms with Crippen molar-refractivity contribution in [3.63, 3.8) is 0 Å². The number of pyridine rings is 1. The van der Waals surface area contributed by atoms with Gasteiger partial charge in [0.05, 0.1) is 0 Å². The van der Waals surface area contributed by atoms with E-state index in [1.54, 1.807) is 18.2 Å². The highest BCUT2D eigenvalue weighted by Crippen LogP contribution is 2.10. The van der Waals surface area contributed by atoms with E-state index < -0.39 is 16.8 Å². The smallest absolute Gasteiger partial charge is 0.329 e. The summed E-state index contributed by atoms with van der Waals surface area (Å²) in [4.78, 5) is 47.8. The Bertz CT molecular complexity index is 1090. The molecule has 116 valence electrons. The van der Waals surface area contributed by atoms with Crippen molar-refractivity contribution >= 4 is 23.0 Å². The van der Waals surface area contributed by atoms with Crippen LogP contribution in [-0.4, -0.2) is 29.6 Å². The number of hydrogen-bond acceptors (Lipinski definition) is 6. The summed E-state index contributed by atoms with van der Waals surface area (Å²) in [5, 5.41) is 10.0. The summed E-state index contributed by atoms with van der Waals surface area (Å²) in [6.07, 6.45) is 2.59. The van der Waals surface area contributed by atoms with Crippen LogP contribution in [-0.2, 0) is 7.05 Å². The Balaban J connectivity index is 2.24. The fourth-order valence-electron chi connectivity index (χ4n) is 2.01. The second kappa shape index (κ2) is 5.37. The summed E-state index contributed by atoms with van der Waals surface area (Å²) < 4.78 is 1.07. The Hall–Kier alpha value is -3.49. The zero-order chi connectivity index (χ0) is 16.6. The zero-order valence-corrected chi connectivity index (χ0v) is 11.9. The molecule has 0 saturated carbocycles. The Morgan fingerprint density at radius 2 is 2.00 bits per heavy atom. The molecular formula is C14H11N5O4. The van der Waals surface area contributed by atoms with Crippen molar-refractivity contribution in [1.29, 1.82) is 0 Å². The highest BCUT2D eigenvalue weighted by molar-refractivity contribution is 5.76. The molecule has 9 nitrogen and oxygen atoms in total. The lowest BCUT2D eigenvalue weighted by Gasteiger charge is -2.03. The van der Waals surface area contributed by atoms with Crippen LogP contribution in [0.15, 0.2) is 38.8 Å². The highest BCUT2D eigenvalue weighted by atomic mass is 16.3. The Morgan fingerprint density at radius 1 is 1.22 bits per heavy atom. The van der Waals surface area contributed by atoms with Gasteiger partial charge in [-0.3, -0.25) is 24.1 Å². The van der Waals surface area contributed by atoms with Gasteiger partial charge in [0, 0.05) is 19.3 Å². The molecule has 9 heteroatoms. The van der Waals surface area contributed by atoms with E-state index in [2.05, 4.69) is 19.9 Å². The fourth-order valence-corrected chi connectivity index (χ4v) is 2.01. The molecule has 0 radical (unpaired) electrons. The fraction of sp³-hybridized carbons (Fsp3) is 0.0714. The molecule has 3 aromatic heterocycles. The molecule has 3 heterocycles. The first-order chi connectivity index (χ1) is 11.0. The molecular weight excluding hydrogens is 302 g/mol. The third-order valence-corrected chi connectivity index (χ3v) is 3.20. The molecule has 0 aliphatic carbocycles. The van der Waals surface area contributed by atoms with Crippen LogP contribution in [0, 0.1) is 0 Å². The lowest BCUT2D eigenvalue weighted by molar-refractivity contribution is 0.512. The normalized spacial score (nSPS) is 11.8. The maximum Gasteiger partial charge on any atom is 0.329 e. The number of aliphatic hydroxyl groups excluding tert-OH is 1. The van der Waals surface area contributed by atoms with Crippen LogP contribution in [0.5, 0.6) is 0 Å². The zero-order valence-electron chi connectivity index (χ0n) is 11.9. The van der Waals surface area contributed by atoms with Gasteiger partial charge in [-0.25, -0.2) is 9.78 Å². The second-order valence-electron chi connectivity index (χ2n) is 4.71. The Kier molecular flexibility index (Phi) is 3.37. The molecule has 3 N–H and O–H groups in total. The molecule has 3 rings (SSSR count). The van der Waals surface area contributed by atoms with Gasteiger partial charge in [-0.2, -0.15) is 0 Å². The van der Waals surface area contributed by atoms with Crippen molar-refractivity contribution in [3.05, 3.63) is 67.0 Å². The van der Waals surface area contributed by atoms with Crippen molar-refractivity contribution in [2.24, 2.45) is 7.05 Å². The predicted molar refractivity (Wildman–Crippen MR) is 83.0 cm³/mol. The summed E-state index contributed by atoms with van der Waals surface area (Å²) in [6, 6.07) is 4.90. The number of rotatable bonds is 2. The first kappa shape index (κ1) is 14.4. The molecule has 0 saturated heterocycles. The third-order valence-electron chi connectivity index (χ3n) is 3.20. The van der Waals surface area contributed by atoms with Gasteiger partial charge < -0.3 is 10.1 Å². The number of aromatic nitrogens is 5. The average Bonchev–Trinajstić information content (AvgIpc) is 2.55. The maximum absolute atomic E-state index is 12.1. The minimum atomic E-state index is -0.730. The van der Waals surface area contributed by atoms with Gasteiger partial charge in [0.1, 0.15) is 22.8 Å². The number of aliphatic hydroxyl groups is 1. The molecule has 0 amide bonds. The molecule has 0 fully saturated rings. The van der Waals surface area contributed by atoms with Crippen LogP contribution in [0.3, 0.4) is 0 Å². The van der Waals surface area contributed by atoms with Gasteiger partial charge in [-0.15, -0.1) is 0 Å². The van der Waals surface area contributed by atoms with E-state index in [1.165, 1.54) is 13.2 Å². The molecule has 0 aliphatic heterocycles. The van der Waals surface area contributed by atoms with Crippen LogP contribution < -0.4 is 16.8 Å². The summed E-state index contributed by atoms with van der Waals surface area (Å²) >= 11 is 0. The molecule has 0 spiro atoms. The molecule has 0 bridgehead atoms. The van der Waals surface area contributed by atoms with Gasteiger partial charge in [0.15, 0.2) is 5.52 Å². The third kappa shape index (κ3) is 2.55. The van der Waals surface area contributed by atoms with E-state index in [0.717, 1.165) is 10.6 Å². The van der Waals surface area contributed by atoms with Gasteiger partial charge in [-0.1, -0.05) is 6.07 Å². The summed E-state index contributed by atoms with van der Waals surface area (Å²) in [6.45, 7) is 0. The first-order valence-electron chi connectivity index (χ1n) is 6.53. The standard InChI is InChI=1S/C14H11N5O4/c1-19-11-10(13(22)18-14(19)23)16-8(12(21)17-11)6-9(20)7-4-2-3-5-15-7/h2-6,20H,1H3,(H,17,21)(H,18,22,23). The van der Waals surface area contributed by atoms with Gasteiger partial charge in [-0.05, 0) is 12.1 Å². The van der Waals surface area contributed by atoms with Gasteiger partial charge in [0.2, 0.25) is 0 Å².